The molecule has 0 unspecified atom stereocenters. The minimum absolute atomic E-state index is 0.0595. The zero-order valence-corrected chi connectivity index (χ0v) is 25.1. The average Bonchev–Trinajstić information content (AvgIpc) is 3.64. The summed E-state index contributed by atoms with van der Waals surface area (Å²) < 4.78 is 11.2. The fourth-order valence-electron chi connectivity index (χ4n) is 6.65. The molecule has 3 fully saturated rings. The number of Topliss-reactive ketones (excluding diaryl/α,β-unsaturated/α-hetero) is 1. The third-order valence-corrected chi connectivity index (χ3v) is 9.46. The fourth-order valence-corrected chi connectivity index (χ4v) is 6.65. The van der Waals surface area contributed by atoms with Crippen molar-refractivity contribution in [1.82, 2.24) is 20.5 Å². The second-order valence-corrected chi connectivity index (χ2v) is 12.4. The van der Waals surface area contributed by atoms with Crippen molar-refractivity contribution in [2.45, 2.75) is 63.6 Å². The molecule has 1 saturated carbocycles. The minimum atomic E-state index is -0.904. The van der Waals surface area contributed by atoms with Crippen LogP contribution in [0.15, 0.2) is 54.6 Å². The predicted octanol–water partition coefficient (Wildman–Crippen LogP) is 3.75. The van der Waals surface area contributed by atoms with Crippen molar-refractivity contribution in [3.05, 3.63) is 65.9 Å². The Kier molecular flexibility index (Phi) is 8.70. The summed E-state index contributed by atoms with van der Waals surface area (Å²) >= 11 is 0. The van der Waals surface area contributed by atoms with E-state index in [1.54, 1.807) is 18.1 Å². The van der Waals surface area contributed by atoms with E-state index in [9.17, 15) is 19.2 Å². The molecule has 1 aromatic heterocycles. The van der Waals surface area contributed by atoms with Gasteiger partial charge in [-0.2, -0.15) is 0 Å². The Morgan fingerprint density at radius 3 is 2.66 bits per heavy atom. The van der Waals surface area contributed by atoms with E-state index < -0.39 is 12.1 Å². The molecule has 2 saturated heterocycles. The van der Waals surface area contributed by atoms with Gasteiger partial charge in [-0.3, -0.25) is 19.2 Å². The molecule has 3 aromatic rings. The van der Waals surface area contributed by atoms with Gasteiger partial charge >= 0.3 is 0 Å². The van der Waals surface area contributed by atoms with Gasteiger partial charge in [0, 0.05) is 29.9 Å². The highest BCUT2D eigenvalue weighted by molar-refractivity contribution is 6.02. The third kappa shape index (κ3) is 6.50. The number of H-pyrrole nitrogens is 1. The van der Waals surface area contributed by atoms with Crippen LogP contribution in [0.25, 0.3) is 10.9 Å². The zero-order valence-electron chi connectivity index (χ0n) is 25.1. The van der Waals surface area contributed by atoms with Gasteiger partial charge in [0.2, 0.25) is 11.8 Å². The Morgan fingerprint density at radius 2 is 1.91 bits per heavy atom. The Labute approximate surface area is 256 Å². The standard InChI is InChI=1S/C34H40N4O6/c1-43-30-11-5-10-25-24(30)18-27(36-25)33(42)38-16-14-34(12-13-34)19-28(38)32(41)37-26(17-23-9-6-15-35-31(23)40)29(39)21-44-20-22-7-3-2-4-8-22/h2-5,7-8,10-11,18,23,26,28,36H,6,9,12-17,19-21H2,1H3,(H,35,40)(H,37,41)/t23-,26-,28-/m0/s1. The van der Waals surface area contributed by atoms with Crippen LogP contribution < -0.4 is 15.4 Å². The monoisotopic (exact) mass is 600 g/mol. The molecule has 3 aliphatic rings. The van der Waals surface area contributed by atoms with Crippen LogP contribution in [0.1, 0.15) is 61.0 Å². The van der Waals surface area contributed by atoms with Crippen LogP contribution in [0.3, 0.4) is 0 Å². The maximum atomic E-state index is 14.0. The first-order valence-electron chi connectivity index (χ1n) is 15.5. The van der Waals surface area contributed by atoms with Gasteiger partial charge in [-0.15, -0.1) is 0 Å². The molecule has 2 aromatic carbocycles. The summed E-state index contributed by atoms with van der Waals surface area (Å²) in [6.45, 7) is 1.14. The van der Waals surface area contributed by atoms with Crippen molar-refractivity contribution in [3.8, 4) is 5.75 Å². The molecule has 3 amide bonds. The average molecular weight is 601 g/mol. The molecular weight excluding hydrogens is 560 g/mol. The summed E-state index contributed by atoms with van der Waals surface area (Å²) in [5.74, 6) is -0.743. The number of fused-ring (bicyclic) bond motifs is 1. The van der Waals surface area contributed by atoms with E-state index in [2.05, 4.69) is 15.6 Å². The van der Waals surface area contributed by atoms with Crippen molar-refractivity contribution < 1.29 is 28.7 Å². The second-order valence-electron chi connectivity index (χ2n) is 12.4. The Bertz CT molecular complexity index is 1530. The number of hydrogen-bond donors (Lipinski definition) is 3. The maximum absolute atomic E-state index is 14.0. The van der Waals surface area contributed by atoms with E-state index in [1.807, 2.05) is 48.5 Å². The number of piperidine rings is 2. The third-order valence-electron chi connectivity index (χ3n) is 9.46. The number of carbonyl (C=O) groups is 4. The van der Waals surface area contributed by atoms with Crippen LogP contribution in [0, 0.1) is 11.3 Å². The molecular formula is C34H40N4O6. The number of aromatic nitrogens is 1. The van der Waals surface area contributed by atoms with E-state index in [-0.39, 0.29) is 54.5 Å². The van der Waals surface area contributed by atoms with Crippen molar-refractivity contribution in [3.63, 3.8) is 0 Å². The maximum Gasteiger partial charge on any atom is 0.270 e. The summed E-state index contributed by atoms with van der Waals surface area (Å²) in [7, 11) is 1.59. The van der Waals surface area contributed by atoms with Crippen LogP contribution in [-0.2, 0) is 25.7 Å². The Balaban J connectivity index is 1.20. The summed E-state index contributed by atoms with van der Waals surface area (Å²) in [5, 5.41) is 6.65. The molecule has 3 heterocycles. The van der Waals surface area contributed by atoms with E-state index in [4.69, 9.17) is 9.47 Å². The molecule has 1 spiro atoms. The molecule has 44 heavy (non-hydrogen) atoms. The number of nitrogens with zero attached hydrogens (tertiary/aromatic N) is 1. The van der Waals surface area contributed by atoms with Gasteiger partial charge in [0.1, 0.15) is 24.1 Å². The first kappa shape index (κ1) is 29.9. The minimum Gasteiger partial charge on any atom is -0.496 e. The first-order valence-corrected chi connectivity index (χ1v) is 15.5. The first-order chi connectivity index (χ1) is 21.4. The van der Waals surface area contributed by atoms with Gasteiger partial charge in [0.05, 0.1) is 19.8 Å². The molecule has 0 radical (unpaired) electrons. The molecule has 10 nitrogen and oxygen atoms in total. The molecule has 232 valence electrons. The summed E-state index contributed by atoms with van der Waals surface area (Å²) in [4.78, 5) is 58.9. The highest BCUT2D eigenvalue weighted by Gasteiger charge is 2.51. The van der Waals surface area contributed by atoms with Crippen LogP contribution >= 0.6 is 0 Å². The fraction of sp³-hybridized carbons (Fsp3) is 0.471. The topological polar surface area (TPSA) is 130 Å². The van der Waals surface area contributed by atoms with Crippen molar-refractivity contribution >= 4 is 34.4 Å². The molecule has 3 N–H and O–H groups in total. The quantitative estimate of drug-likeness (QED) is 0.308. The van der Waals surface area contributed by atoms with Crippen molar-refractivity contribution in [1.29, 1.82) is 0 Å². The lowest BCUT2D eigenvalue weighted by atomic mass is 9.86. The highest BCUT2D eigenvalue weighted by atomic mass is 16.5. The van der Waals surface area contributed by atoms with E-state index in [0.717, 1.165) is 42.1 Å². The normalized spacial score (nSPS) is 21.5. The zero-order chi connectivity index (χ0) is 30.7. The number of likely N-dealkylation sites (tertiary alicyclic amines) is 1. The molecule has 6 rings (SSSR count). The largest absolute Gasteiger partial charge is 0.496 e. The van der Waals surface area contributed by atoms with Crippen LogP contribution in [0.4, 0.5) is 0 Å². The lowest BCUT2D eigenvalue weighted by Crippen LogP contribution is -2.57. The highest BCUT2D eigenvalue weighted by Crippen LogP contribution is 2.55. The number of carbonyl (C=O) groups excluding carboxylic acids is 4. The number of benzene rings is 2. The smallest absolute Gasteiger partial charge is 0.270 e. The Morgan fingerprint density at radius 1 is 1.09 bits per heavy atom. The number of ketones is 1. The number of amides is 3. The summed E-state index contributed by atoms with van der Waals surface area (Å²) in [5.41, 5.74) is 2.16. The van der Waals surface area contributed by atoms with E-state index in [1.165, 1.54) is 0 Å². The molecule has 10 heteroatoms. The molecule has 0 bridgehead atoms. The van der Waals surface area contributed by atoms with Crippen LogP contribution in [0.5, 0.6) is 5.75 Å². The Hall–Kier alpha value is -4.18. The number of hydrogen-bond acceptors (Lipinski definition) is 6. The molecule has 1 aliphatic carbocycles. The van der Waals surface area contributed by atoms with Gasteiger partial charge in [-0.05, 0) is 74.1 Å². The molecule has 2 aliphatic heterocycles. The van der Waals surface area contributed by atoms with Crippen molar-refractivity contribution in [2.24, 2.45) is 11.3 Å². The van der Waals surface area contributed by atoms with Gasteiger partial charge in [-0.25, -0.2) is 0 Å². The second kappa shape index (κ2) is 12.8. The number of nitrogens with one attached hydrogen (secondary N) is 3. The van der Waals surface area contributed by atoms with Crippen LogP contribution in [0.2, 0.25) is 0 Å². The number of ether oxygens (including phenoxy) is 2. The van der Waals surface area contributed by atoms with Crippen LogP contribution in [-0.4, -0.2) is 72.3 Å². The van der Waals surface area contributed by atoms with E-state index in [0.29, 0.717) is 37.4 Å². The van der Waals surface area contributed by atoms with Crippen molar-refractivity contribution in [2.75, 3.05) is 26.8 Å². The number of methoxy groups -OCH3 is 1. The number of aromatic amines is 1. The summed E-state index contributed by atoms with van der Waals surface area (Å²) in [6, 6.07) is 15.3. The lowest BCUT2D eigenvalue weighted by molar-refractivity contribution is -0.135. The van der Waals surface area contributed by atoms with Gasteiger partial charge in [-0.1, -0.05) is 36.4 Å². The lowest BCUT2D eigenvalue weighted by Gasteiger charge is -2.39. The van der Waals surface area contributed by atoms with Gasteiger partial charge < -0.3 is 30.0 Å². The van der Waals surface area contributed by atoms with Gasteiger partial charge in [0.25, 0.3) is 5.91 Å². The summed E-state index contributed by atoms with van der Waals surface area (Å²) in [6.07, 6.45) is 5.10. The van der Waals surface area contributed by atoms with Gasteiger partial charge in [0.15, 0.2) is 5.78 Å². The predicted molar refractivity (Wildman–Crippen MR) is 164 cm³/mol. The SMILES string of the molecule is COc1cccc2[nH]c(C(=O)N3CCC4(CC4)C[C@H]3C(=O)N[C@@H](C[C@@H]3CCCNC3=O)C(=O)COCc3ccccc3)cc12. The molecule has 3 atom stereocenters. The number of rotatable bonds is 11. The van der Waals surface area contributed by atoms with E-state index >= 15 is 0 Å².